The Bertz CT molecular complexity index is 719. The molecule has 0 aromatic heterocycles. The lowest BCUT2D eigenvalue weighted by Gasteiger charge is -2.20. The monoisotopic (exact) mass is 324 g/mol. The van der Waals surface area contributed by atoms with Gasteiger partial charge in [-0.3, -0.25) is 9.59 Å². The number of Topliss-reactive ketones (excluding diaryl/α,β-unsaturated/α-hetero) is 1. The van der Waals surface area contributed by atoms with Gasteiger partial charge in [0.15, 0.2) is 5.78 Å². The molecule has 0 aliphatic rings. The first-order valence-electron chi connectivity index (χ1n) is 8.11. The van der Waals surface area contributed by atoms with E-state index < -0.39 is 11.9 Å². The van der Waals surface area contributed by atoms with E-state index in [4.69, 9.17) is 0 Å². The summed E-state index contributed by atoms with van der Waals surface area (Å²) in [7, 11) is 0. The van der Waals surface area contributed by atoms with E-state index in [1.54, 1.807) is 12.1 Å². The van der Waals surface area contributed by atoms with Gasteiger partial charge in [-0.2, -0.15) is 0 Å². The molecule has 0 amide bonds. The molecule has 1 N–H and O–H groups in total. The van der Waals surface area contributed by atoms with Gasteiger partial charge < -0.3 is 5.11 Å². The van der Waals surface area contributed by atoms with Crippen molar-refractivity contribution in [3.05, 3.63) is 70.8 Å². The summed E-state index contributed by atoms with van der Waals surface area (Å²) in [6.45, 7) is 7.92. The molecule has 0 aliphatic carbocycles. The third-order valence-corrected chi connectivity index (χ3v) is 4.28. The molecule has 24 heavy (non-hydrogen) atoms. The SMILES string of the molecule is CC(=O)c1ccc(C[C@H](C(=O)O)c2ccc(C(C)(C)C)cc2)cc1. The van der Waals surface area contributed by atoms with Crippen molar-refractivity contribution >= 4 is 11.8 Å². The number of carboxylic acid groups (broad SMARTS) is 1. The Kier molecular flexibility index (Phi) is 5.23. The number of ketones is 1. The first-order valence-corrected chi connectivity index (χ1v) is 8.11. The van der Waals surface area contributed by atoms with E-state index in [0.29, 0.717) is 12.0 Å². The van der Waals surface area contributed by atoms with Crippen LogP contribution in [-0.4, -0.2) is 16.9 Å². The number of hydrogen-bond donors (Lipinski definition) is 1. The summed E-state index contributed by atoms with van der Waals surface area (Å²) in [5, 5.41) is 9.61. The van der Waals surface area contributed by atoms with Crippen LogP contribution in [0, 0.1) is 0 Å². The lowest BCUT2D eigenvalue weighted by atomic mass is 9.84. The van der Waals surface area contributed by atoms with Gasteiger partial charge >= 0.3 is 5.97 Å². The van der Waals surface area contributed by atoms with Crippen LogP contribution in [-0.2, 0) is 16.6 Å². The van der Waals surface area contributed by atoms with E-state index in [-0.39, 0.29) is 11.2 Å². The highest BCUT2D eigenvalue weighted by molar-refractivity contribution is 5.94. The molecule has 0 heterocycles. The lowest BCUT2D eigenvalue weighted by molar-refractivity contribution is -0.138. The van der Waals surface area contributed by atoms with E-state index in [1.807, 2.05) is 36.4 Å². The van der Waals surface area contributed by atoms with Crippen LogP contribution in [0.2, 0.25) is 0 Å². The van der Waals surface area contributed by atoms with Crippen LogP contribution < -0.4 is 0 Å². The number of hydrogen-bond acceptors (Lipinski definition) is 2. The van der Waals surface area contributed by atoms with Gasteiger partial charge in [0.2, 0.25) is 0 Å². The Morgan fingerprint density at radius 2 is 1.50 bits per heavy atom. The molecule has 0 saturated heterocycles. The van der Waals surface area contributed by atoms with Crippen molar-refractivity contribution in [3.63, 3.8) is 0 Å². The minimum Gasteiger partial charge on any atom is -0.481 e. The number of carbonyl (C=O) groups is 2. The third-order valence-electron chi connectivity index (χ3n) is 4.28. The highest BCUT2D eigenvalue weighted by atomic mass is 16.4. The topological polar surface area (TPSA) is 54.4 Å². The lowest BCUT2D eigenvalue weighted by Crippen LogP contribution is -2.16. The summed E-state index contributed by atoms with van der Waals surface area (Å²) in [5.41, 5.74) is 3.57. The molecule has 0 saturated carbocycles. The maximum atomic E-state index is 11.7. The molecule has 0 bridgehead atoms. The maximum Gasteiger partial charge on any atom is 0.311 e. The van der Waals surface area contributed by atoms with Gasteiger partial charge in [-0.15, -0.1) is 0 Å². The zero-order valence-electron chi connectivity index (χ0n) is 14.7. The van der Waals surface area contributed by atoms with Gasteiger partial charge in [0.1, 0.15) is 0 Å². The Morgan fingerprint density at radius 3 is 1.92 bits per heavy atom. The molecular formula is C21H24O3. The van der Waals surface area contributed by atoms with Crippen LogP contribution in [0.4, 0.5) is 0 Å². The predicted molar refractivity (Wildman–Crippen MR) is 95.7 cm³/mol. The van der Waals surface area contributed by atoms with Crippen LogP contribution in [0.5, 0.6) is 0 Å². The summed E-state index contributed by atoms with van der Waals surface area (Å²) < 4.78 is 0. The number of rotatable bonds is 5. The van der Waals surface area contributed by atoms with Crippen molar-refractivity contribution in [2.45, 2.75) is 45.4 Å². The first-order chi connectivity index (χ1) is 11.2. The summed E-state index contributed by atoms with van der Waals surface area (Å²) in [4.78, 5) is 23.0. The molecule has 3 nitrogen and oxygen atoms in total. The highest BCUT2D eigenvalue weighted by Crippen LogP contribution is 2.26. The quantitative estimate of drug-likeness (QED) is 0.818. The number of carbonyl (C=O) groups excluding carboxylic acids is 1. The van der Waals surface area contributed by atoms with E-state index >= 15 is 0 Å². The number of benzene rings is 2. The fourth-order valence-corrected chi connectivity index (χ4v) is 2.67. The van der Waals surface area contributed by atoms with E-state index in [9.17, 15) is 14.7 Å². The van der Waals surface area contributed by atoms with Crippen LogP contribution in [0.3, 0.4) is 0 Å². The van der Waals surface area contributed by atoms with E-state index in [0.717, 1.165) is 11.1 Å². The molecule has 0 fully saturated rings. The first kappa shape index (κ1) is 17.9. The van der Waals surface area contributed by atoms with Crippen molar-refractivity contribution in [2.75, 3.05) is 0 Å². The van der Waals surface area contributed by atoms with E-state index in [1.165, 1.54) is 12.5 Å². The second kappa shape index (κ2) is 7.00. The number of carboxylic acids is 1. The van der Waals surface area contributed by atoms with Crippen LogP contribution in [0.1, 0.15) is 60.7 Å². The molecule has 1 atom stereocenters. The molecule has 2 rings (SSSR count). The second-order valence-electron chi connectivity index (χ2n) is 7.22. The summed E-state index contributed by atoms with van der Waals surface area (Å²) in [6.07, 6.45) is 0.405. The Morgan fingerprint density at radius 1 is 0.958 bits per heavy atom. The molecule has 0 unspecified atom stereocenters. The summed E-state index contributed by atoms with van der Waals surface area (Å²) >= 11 is 0. The summed E-state index contributed by atoms with van der Waals surface area (Å²) in [6, 6.07) is 15.0. The van der Waals surface area contributed by atoms with Gasteiger partial charge in [-0.25, -0.2) is 0 Å². The smallest absolute Gasteiger partial charge is 0.311 e. The zero-order chi connectivity index (χ0) is 17.9. The van der Waals surface area contributed by atoms with Crippen molar-refractivity contribution in [3.8, 4) is 0 Å². The Hall–Kier alpha value is -2.42. The third kappa shape index (κ3) is 4.31. The maximum absolute atomic E-state index is 11.7. The Labute approximate surface area is 143 Å². The fraction of sp³-hybridized carbons (Fsp3) is 0.333. The van der Waals surface area contributed by atoms with Gasteiger partial charge in [0, 0.05) is 5.56 Å². The van der Waals surface area contributed by atoms with Gasteiger partial charge in [-0.1, -0.05) is 69.3 Å². The summed E-state index contributed by atoms with van der Waals surface area (Å²) in [5.74, 6) is -1.43. The van der Waals surface area contributed by atoms with Crippen LogP contribution >= 0.6 is 0 Å². The molecule has 126 valence electrons. The second-order valence-corrected chi connectivity index (χ2v) is 7.22. The molecule has 0 spiro atoms. The van der Waals surface area contributed by atoms with Crippen molar-refractivity contribution in [1.29, 1.82) is 0 Å². The van der Waals surface area contributed by atoms with Crippen molar-refractivity contribution in [2.24, 2.45) is 0 Å². The highest BCUT2D eigenvalue weighted by Gasteiger charge is 2.21. The zero-order valence-corrected chi connectivity index (χ0v) is 14.7. The molecule has 0 aliphatic heterocycles. The molecule has 3 heteroatoms. The van der Waals surface area contributed by atoms with Gasteiger partial charge in [0.05, 0.1) is 5.92 Å². The molecular weight excluding hydrogens is 300 g/mol. The number of aliphatic carboxylic acids is 1. The average Bonchev–Trinajstić information content (AvgIpc) is 2.52. The Balaban J connectivity index is 2.23. The van der Waals surface area contributed by atoms with Crippen molar-refractivity contribution in [1.82, 2.24) is 0 Å². The normalized spacial score (nSPS) is 12.7. The van der Waals surface area contributed by atoms with Gasteiger partial charge in [0.25, 0.3) is 0 Å². The fourth-order valence-electron chi connectivity index (χ4n) is 2.67. The van der Waals surface area contributed by atoms with Crippen LogP contribution in [0.25, 0.3) is 0 Å². The van der Waals surface area contributed by atoms with Crippen LogP contribution in [0.15, 0.2) is 48.5 Å². The average molecular weight is 324 g/mol. The standard InChI is InChI=1S/C21H24O3/c1-14(22)16-7-5-15(6-8-16)13-19(20(23)24)17-9-11-18(12-10-17)21(2,3)4/h5-12,19H,13H2,1-4H3,(H,23,24)/t19-/m0/s1. The van der Waals surface area contributed by atoms with E-state index in [2.05, 4.69) is 20.8 Å². The van der Waals surface area contributed by atoms with Crippen molar-refractivity contribution < 1.29 is 14.7 Å². The molecule has 2 aromatic carbocycles. The minimum absolute atomic E-state index is 0.00843. The molecule has 2 aromatic rings. The molecule has 0 radical (unpaired) electrons. The van der Waals surface area contributed by atoms with Gasteiger partial charge in [-0.05, 0) is 35.4 Å². The predicted octanol–water partition coefficient (Wildman–Crippen LogP) is 4.60. The largest absolute Gasteiger partial charge is 0.481 e. The minimum atomic E-state index is -0.839.